The summed E-state index contributed by atoms with van der Waals surface area (Å²) in [5.74, 6) is -0.598. The molecule has 1 amide bonds. The summed E-state index contributed by atoms with van der Waals surface area (Å²) in [5, 5.41) is 5.98. The van der Waals surface area contributed by atoms with Crippen LogP contribution in [0.1, 0.15) is 32.6 Å². The molecule has 3 nitrogen and oxygen atoms in total. The molecular weight excluding hydrogens is 337 g/mol. The van der Waals surface area contributed by atoms with Crippen molar-refractivity contribution in [1.82, 2.24) is 5.32 Å². The highest BCUT2D eigenvalue weighted by Gasteiger charge is 2.27. The number of benzene rings is 1. The van der Waals surface area contributed by atoms with Gasteiger partial charge in [-0.05, 0) is 30.9 Å². The number of rotatable bonds is 6. The maximum Gasteiger partial charge on any atom is 0.398 e. The highest BCUT2D eigenvalue weighted by atomic mass is 32.2. The van der Waals surface area contributed by atoms with Crippen molar-refractivity contribution in [3.05, 3.63) is 24.3 Å². The molecule has 1 aromatic carbocycles. The van der Waals surface area contributed by atoms with Crippen LogP contribution >= 0.6 is 11.8 Å². The number of hydrogen-bond acceptors (Lipinski definition) is 3. The molecule has 0 heterocycles. The van der Waals surface area contributed by atoms with E-state index in [1.165, 1.54) is 6.42 Å². The van der Waals surface area contributed by atoms with E-state index >= 15 is 0 Å². The van der Waals surface area contributed by atoms with Gasteiger partial charge in [0.2, 0.25) is 5.91 Å². The Hall–Kier alpha value is -1.37. The lowest BCUT2D eigenvalue weighted by atomic mass is 9.86. The van der Waals surface area contributed by atoms with Crippen molar-refractivity contribution >= 4 is 23.4 Å². The van der Waals surface area contributed by atoms with E-state index in [1.54, 1.807) is 24.3 Å². The molecule has 7 heteroatoms. The van der Waals surface area contributed by atoms with Crippen molar-refractivity contribution in [2.75, 3.05) is 17.6 Å². The van der Waals surface area contributed by atoms with Gasteiger partial charge in [-0.1, -0.05) is 31.9 Å². The van der Waals surface area contributed by atoms with E-state index in [-0.39, 0.29) is 18.5 Å². The maximum atomic E-state index is 12.4. The van der Waals surface area contributed by atoms with Gasteiger partial charge in [0, 0.05) is 16.6 Å². The van der Waals surface area contributed by atoms with Crippen LogP contribution in [0.25, 0.3) is 0 Å². The molecule has 0 bridgehead atoms. The second-order valence-corrected chi connectivity index (χ2v) is 7.21. The average Bonchev–Trinajstić information content (AvgIpc) is 2.53. The van der Waals surface area contributed by atoms with Crippen LogP contribution in [0.4, 0.5) is 18.9 Å². The molecule has 1 aliphatic carbocycles. The predicted octanol–water partition coefficient (Wildman–Crippen LogP) is 4.45. The molecule has 24 heavy (non-hydrogen) atoms. The Balaban J connectivity index is 1.86. The molecule has 134 valence electrons. The third-order valence-electron chi connectivity index (χ3n) is 4.18. The Bertz CT molecular complexity index is 551. The van der Waals surface area contributed by atoms with Crippen LogP contribution in [0.5, 0.6) is 0 Å². The van der Waals surface area contributed by atoms with E-state index in [0.29, 0.717) is 16.5 Å². The molecular formula is C17H23F3N2OS. The molecule has 0 spiro atoms. The number of thioether (sulfide) groups is 1. The van der Waals surface area contributed by atoms with E-state index in [2.05, 4.69) is 17.6 Å². The number of anilines is 1. The van der Waals surface area contributed by atoms with Crippen molar-refractivity contribution in [3.8, 4) is 0 Å². The van der Waals surface area contributed by atoms with Crippen LogP contribution in [0.2, 0.25) is 0 Å². The molecule has 0 radical (unpaired) electrons. The molecule has 1 fully saturated rings. The highest BCUT2D eigenvalue weighted by molar-refractivity contribution is 7.99. The Morgan fingerprint density at radius 3 is 2.67 bits per heavy atom. The van der Waals surface area contributed by atoms with Gasteiger partial charge in [0.05, 0.1) is 12.3 Å². The summed E-state index contributed by atoms with van der Waals surface area (Å²) in [6.45, 7) is 2.20. The van der Waals surface area contributed by atoms with Crippen molar-refractivity contribution in [2.24, 2.45) is 5.92 Å². The van der Waals surface area contributed by atoms with Crippen LogP contribution in [-0.2, 0) is 4.79 Å². The minimum absolute atomic E-state index is 0.0623. The first kappa shape index (κ1) is 19.0. The first-order chi connectivity index (χ1) is 11.3. The van der Waals surface area contributed by atoms with Gasteiger partial charge in [-0.3, -0.25) is 4.79 Å². The fraction of sp³-hybridized carbons (Fsp3) is 0.588. The molecule has 2 N–H and O–H groups in total. The summed E-state index contributed by atoms with van der Waals surface area (Å²) in [6, 6.07) is 6.94. The summed E-state index contributed by atoms with van der Waals surface area (Å²) >= 11 is 0.723. The normalized spacial score (nSPS) is 21.3. The Labute approximate surface area is 144 Å². The van der Waals surface area contributed by atoms with Crippen LogP contribution in [0, 0.1) is 5.92 Å². The number of amides is 1. The molecule has 0 aromatic heterocycles. The third-order valence-corrected chi connectivity index (χ3v) is 5.31. The van der Waals surface area contributed by atoms with Crippen LogP contribution < -0.4 is 10.6 Å². The van der Waals surface area contributed by atoms with Crippen LogP contribution in [0.3, 0.4) is 0 Å². The zero-order valence-corrected chi connectivity index (χ0v) is 14.5. The molecule has 0 unspecified atom stereocenters. The largest absolute Gasteiger partial charge is 0.398 e. The third kappa shape index (κ3) is 6.26. The minimum Gasteiger partial charge on any atom is -0.375 e. The zero-order chi connectivity index (χ0) is 17.6. The summed E-state index contributed by atoms with van der Waals surface area (Å²) in [7, 11) is 0. The van der Waals surface area contributed by atoms with Gasteiger partial charge in [-0.25, -0.2) is 0 Å². The molecule has 0 saturated heterocycles. The van der Waals surface area contributed by atoms with E-state index < -0.39 is 11.9 Å². The van der Waals surface area contributed by atoms with Gasteiger partial charge in [0.1, 0.15) is 0 Å². The van der Waals surface area contributed by atoms with Crippen LogP contribution in [0.15, 0.2) is 29.2 Å². The molecule has 1 saturated carbocycles. The summed E-state index contributed by atoms with van der Waals surface area (Å²) in [4.78, 5) is 12.6. The van der Waals surface area contributed by atoms with Gasteiger partial charge in [-0.2, -0.15) is 13.2 Å². The second-order valence-electron chi connectivity index (χ2n) is 6.19. The highest BCUT2D eigenvalue weighted by Crippen LogP contribution is 2.32. The quantitative estimate of drug-likeness (QED) is 0.737. The number of para-hydroxylation sites is 1. The van der Waals surface area contributed by atoms with Crippen molar-refractivity contribution in [2.45, 2.75) is 49.7 Å². The molecule has 1 aliphatic rings. The van der Waals surface area contributed by atoms with Crippen molar-refractivity contribution < 1.29 is 18.0 Å². The predicted molar refractivity (Wildman–Crippen MR) is 91.3 cm³/mol. The molecule has 2 atom stereocenters. The van der Waals surface area contributed by atoms with E-state index in [9.17, 15) is 18.0 Å². The lowest BCUT2D eigenvalue weighted by Gasteiger charge is -2.29. The zero-order valence-electron chi connectivity index (χ0n) is 13.7. The van der Waals surface area contributed by atoms with E-state index in [4.69, 9.17) is 0 Å². The van der Waals surface area contributed by atoms with Gasteiger partial charge < -0.3 is 10.6 Å². The monoisotopic (exact) mass is 360 g/mol. The number of carbonyl (C=O) groups is 1. The SMILES string of the molecule is C[C@@H]1CCCC[C@@H]1NC(=O)CNc1ccccc1SCC(F)(F)F. The van der Waals surface area contributed by atoms with E-state index in [1.807, 2.05) is 0 Å². The first-order valence-corrected chi connectivity index (χ1v) is 9.15. The first-order valence-electron chi connectivity index (χ1n) is 8.17. The molecule has 0 aliphatic heterocycles. The van der Waals surface area contributed by atoms with Gasteiger partial charge in [0.15, 0.2) is 0 Å². The van der Waals surface area contributed by atoms with Gasteiger partial charge in [-0.15, -0.1) is 11.8 Å². The number of halogens is 3. The lowest BCUT2D eigenvalue weighted by Crippen LogP contribution is -2.43. The van der Waals surface area contributed by atoms with Crippen molar-refractivity contribution in [3.63, 3.8) is 0 Å². The minimum atomic E-state index is -4.22. The topological polar surface area (TPSA) is 41.1 Å². The second kappa shape index (κ2) is 8.65. The maximum absolute atomic E-state index is 12.4. The number of alkyl halides is 3. The molecule has 2 rings (SSSR count). The fourth-order valence-corrected chi connectivity index (χ4v) is 3.65. The number of hydrogen-bond donors (Lipinski definition) is 2. The number of nitrogens with one attached hydrogen (secondary N) is 2. The van der Waals surface area contributed by atoms with Crippen LogP contribution in [-0.4, -0.2) is 30.4 Å². The lowest BCUT2D eigenvalue weighted by molar-refractivity contribution is -0.120. The number of carbonyl (C=O) groups excluding carboxylic acids is 1. The van der Waals surface area contributed by atoms with E-state index in [0.717, 1.165) is 31.0 Å². The van der Waals surface area contributed by atoms with Crippen molar-refractivity contribution in [1.29, 1.82) is 0 Å². The summed E-state index contributed by atoms with van der Waals surface area (Å²) < 4.78 is 37.1. The van der Waals surface area contributed by atoms with Gasteiger partial charge >= 0.3 is 6.18 Å². The summed E-state index contributed by atoms with van der Waals surface area (Å²) in [5.41, 5.74) is 0.554. The Morgan fingerprint density at radius 1 is 1.25 bits per heavy atom. The Morgan fingerprint density at radius 2 is 1.96 bits per heavy atom. The Kier molecular flexibility index (Phi) is 6.83. The standard InChI is InChI=1S/C17H23F3N2OS/c1-12-6-2-3-7-13(12)22-16(23)10-21-14-8-4-5-9-15(14)24-11-17(18,19)20/h4-5,8-9,12-13,21H,2-3,6-7,10-11H2,1H3,(H,22,23)/t12-,13+/m1/s1. The average molecular weight is 360 g/mol. The fourth-order valence-electron chi connectivity index (χ4n) is 2.86. The van der Waals surface area contributed by atoms with Gasteiger partial charge in [0.25, 0.3) is 0 Å². The smallest absolute Gasteiger partial charge is 0.375 e. The molecule has 1 aromatic rings. The summed E-state index contributed by atoms with van der Waals surface area (Å²) in [6.07, 6.45) is 0.224.